The first-order valence-electron chi connectivity index (χ1n) is 7.36. The first-order chi connectivity index (χ1) is 11.3. The van der Waals surface area contributed by atoms with E-state index in [0.717, 1.165) is 27.5 Å². The van der Waals surface area contributed by atoms with Crippen LogP contribution in [0.15, 0.2) is 71.7 Å². The standard InChI is InChI=1S/C20H13N3/c21-12-18(15-11-5-7-13-6-1-2-8-14(13)15)19-16-9-3-4-10-17(16)20(22)23-19/h1-11H,(H2,22,23)/b19-18-. The lowest BCUT2D eigenvalue weighted by Gasteiger charge is -2.08. The van der Waals surface area contributed by atoms with Gasteiger partial charge in [0.2, 0.25) is 0 Å². The molecule has 0 saturated heterocycles. The molecule has 108 valence electrons. The van der Waals surface area contributed by atoms with E-state index < -0.39 is 0 Å². The maximum absolute atomic E-state index is 9.79. The fraction of sp³-hybridized carbons (Fsp3) is 0. The molecule has 0 bridgehead atoms. The van der Waals surface area contributed by atoms with Gasteiger partial charge in [0.25, 0.3) is 0 Å². The van der Waals surface area contributed by atoms with Crippen molar-refractivity contribution in [1.29, 1.82) is 5.26 Å². The lowest BCUT2D eigenvalue weighted by atomic mass is 9.95. The number of hydrogen-bond donors (Lipinski definition) is 1. The van der Waals surface area contributed by atoms with Crippen LogP contribution in [0.25, 0.3) is 22.0 Å². The van der Waals surface area contributed by atoms with E-state index in [0.29, 0.717) is 17.1 Å². The number of nitriles is 1. The molecule has 3 nitrogen and oxygen atoms in total. The number of amidine groups is 1. The van der Waals surface area contributed by atoms with Crippen molar-refractivity contribution in [2.45, 2.75) is 0 Å². The Morgan fingerprint density at radius 3 is 2.39 bits per heavy atom. The van der Waals surface area contributed by atoms with E-state index in [-0.39, 0.29) is 0 Å². The van der Waals surface area contributed by atoms with Crippen molar-refractivity contribution in [3.8, 4) is 6.07 Å². The summed E-state index contributed by atoms with van der Waals surface area (Å²) in [7, 11) is 0. The third-order valence-electron chi connectivity index (χ3n) is 4.10. The minimum atomic E-state index is 0.462. The molecule has 3 aromatic carbocycles. The van der Waals surface area contributed by atoms with Crippen molar-refractivity contribution in [1.82, 2.24) is 0 Å². The number of fused-ring (bicyclic) bond motifs is 2. The lowest BCUT2D eigenvalue weighted by molar-refractivity contribution is 1.51. The molecule has 0 fully saturated rings. The highest BCUT2D eigenvalue weighted by Crippen LogP contribution is 2.36. The molecule has 0 aliphatic carbocycles. The van der Waals surface area contributed by atoms with Crippen LogP contribution in [0.3, 0.4) is 0 Å². The van der Waals surface area contributed by atoms with E-state index in [1.165, 1.54) is 0 Å². The summed E-state index contributed by atoms with van der Waals surface area (Å²) < 4.78 is 0. The van der Waals surface area contributed by atoms with Gasteiger partial charge in [0, 0.05) is 16.7 Å². The number of rotatable bonds is 1. The summed E-state index contributed by atoms with van der Waals surface area (Å²) >= 11 is 0. The molecule has 0 aromatic heterocycles. The Morgan fingerprint density at radius 1 is 0.870 bits per heavy atom. The van der Waals surface area contributed by atoms with E-state index in [2.05, 4.69) is 11.1 Å². The number of aliphatic imine (C=N–C) groups is 1. The molecule has 4 rings (SSSR count). The number of benzene rings is 3. The van der Waals surface area contributed by atoms with Crippen LogP contribution in [0, 0.1) is 11.3 Å². The van der Waals surface area contributed by atoms with E-state index in [1.807, 2.05) is 66.7 Å². The van der Waals surface area contributed by atoms with Crippen LogP contribution < -0.4 is 5.73 Å². The van der Waals surface area contributed by atoms with Crippen molar-refractivity contribution in [2.24, 2.45) is 10.7 Å². The Balaban J connectivity index is 2.06. The smallest absolute Gasteiger partial charge is 0.132 e. The van der Waals surface area contributed by atoms with Gasteiger partial charge in [0.15, 0.2) is 0 Å². The minimum Gasteiger partial charge on any atom is -0.383 e. The molecule has 3 heteroatoms. The molecular weight excluding hydrogens is 282 g/mol. The summed E-state index contributed by atoms with van der Waals surface area (Å²) in [6.07, 6.45) is 0. The molecule has 1 aliphatic heterocycles. The molecule has 0 atom stereocenters. The summed E-state index contributed by atoms with van der Waals surface area (Å²) in [5.41, 5.74) is 9.91. The second-order valence-corrected chi connectivity index (χ2v) is 5.40. The fourth-order valence-electron chi connectivity index (χ4n) is 3.03. The van der Waals surface area contributed by atoms with Gasteiger partial charge in [-0.1, -0.05) is 66.7 Å². The van der Waals surface area contributed by atoms with Crippen molar-refractivity contribution in [3.05, 3.63) is 83.4 Å². The predicted molar refractivity (Wildman–Crippen MR) is 93.5 cm³/mol. The van der Waals surface area contributed by atoms with Gasteiger partial charge in [-0.3, -0.25) is 0 Å². The Labute approximate surface area is 134 Å². The average Bonchev–Trinajstić information content (AvgIpc) is 2.93. The maximum atomic E-state index is 9.79. The van der Waals surface area contributed by atoms with Gasteiger partial charge in [0.05, 0.1) is 11.3 Å². The maximum Gasteiger partial charge on any atom is 0.132 e. The molecule has 23 heavy (non-hydrogen) atoms. The normalized spacial score (nSPS) is 15.0. The van der Waals surface area contributed by atoms with Crippen LogP contribution in [0.5, 0.6) is 0 Å². The highest BCUT2D eigenvalue weighted by molar-refractivity contribution is 6.16. The van der Waals surface area contributed by atoms with Crippen molar-refractivity contribution in [2.75, 3.05) is 0 Å². The van der Waals surface area contributed by atoms with E-state index >= 15 is 0 Å². The number of nitrogens with two attached hydrogens (primary N) is 1. The molecular formula is C20H13N3. The van der Waals surface area contributed by atoms with Crippen LogP contribution in [0.2, 0.25) is 0 Å². The molecule has 1 aliphatic rings. The van der Waals surface area contributed by atoms with Gasteiger partial charge in [-0.25, -0.2) is 4.99 Å². The van der Waals surface area contributed by atoms with Gasteiger partial charge in [-0.05, 0) is 10.8 Å². The van der Waals surface area contributed by atoms with Crippen molar-refractivity contribution in [3.63, 3.8) is 0 Å². The monoisotopic (exact) mass is 295 g/mol. The first kappa shape index (κ1) is 13.3. The molecule has 1 heterocycles. The van der Waals surface area contributed by atoms with Crippen LogP contribution in [0.1, 0.15) is 16.7 Å². The van der Waals surface area contributed by atoms with E-state index in [4.69, 9.17) is 5.73 Å². The third kappa shape index (κ3) is 2.01. The van der Waals surface area contributed by atoms with E-state index in [1.54, 1.807) is 0 Å². The zero-order valence-corrected chi connectivity index (χ0v) is 12.3. The van der Waals surface area contributed by atoms with Crippen LogP contribution in [-0.2, 0) is 0 Å². The summed E-state index contributed by atoms with van der Waals surface area (Å²) in [5.74, 6) is 0.462. The largest absolute Gasteiger partial charge is 0.383 e. The quantitative estimate of drug-likeness (QED) is 0.691. The zero-order chi connectivity index (χ0) is 15.8. The second kappa shape index (κ2) is 5.11. The molecule has 0 radical (unpaired) electrons. The molecule has 0 spiro atoms. The summed E-state index contributed by atoms with van der Waals surface area (Å²) in [6.45, 7) is 0. The van der Waals surface area contributed by atoms with Gasteiger partial charge in [-0.15, -0.1) is 0 Å². The Kier molecular flexibility index (Phi) is 2.96. The predicted octanol–water partition coefficient (Wildman–Crippen LogP) is 3.95. The number of hydrogen-bond acceptors (Lipinski definition) is 3. The zero-order valence-electron chi connectivity index (χ0n) is 12.3. The highest BCUT2D eigenvalue weighted by atomic mass is 14.9. The van der Waals surface area contributed by atoms with Crippen LogP contribution >= 0.6 is 0 Å². The lowest BCUT2D eigenvalue weighted by Crippen LogP contribution is -2.09. The number of nitrogens with zero attached hydrogens (tertiary/aromatic N) is 2. The fourth-order valence-corrected chi connectivity index (χ4v) is 3.03. The van der Waals surface area contributed by atoms with Gasteiger partial charge < -0.3 is 5.73 Å². The molecule has 0 unspecified atom stereocenters. The van der Waals surface area contributed by atoms with Crippen molar-refractivity contribution < 1.29 is 0 Å². The molecule has 2 N–H and O–H groups in total. The van der Waals surface area contributed by atoms with Crippen molar-refractivity contribution >= 4 is 27.9 Å². The Hall–Kier alpha value is -3.38. The summed E-state index contributed by atoms with van der Waals surface area (Å²) in [5, 5.41) is 11.9. The van der Waals surface area contributed by atoms with Gasteiger partial charge >= 0.3 is 0 Å². The highest BCUT2D eigenvalue weighted by Gasteiger charge is 2.22. The summed E-state index contributed by atoms with van der Waals surface area (Å²) in [4.78, 5) is 4.46. The topological polar surface area (TPSA) is 62.2 Å². The van der Waals surface area contributed by atoms with Crippen LogP contribution in [0.4, 0.5) is 0 Å². The number of allylic oxidation sites excluding steroid dienone is 1. The third-order valence-corrected chi connectivity index (χ3v) is 4.10. The molecule has 0 saturated carbocycles. The van der Waals surface area contributed by atoms with E-state index in [9.17, 15) is 5.26 Å². The first-order valence-corrected chi connectivity index (χ1v) is 7.36. The molecule has 0 amide bonds. The second-order valence-electron chi connectivity index (χ2n) is 5.40. The van der Waals surface area contributed by atoms with Crippen LogP contribution in [-0.4, -0.2) is 5.84 Å². The van der Waals surface area contributed by atoms with Gasteiger partial charge in [-0.2, -0.15) is 5.26 Å². The average molecular weight is 295 g/mol. The Morgan fingerprint density at radius 2 is 1.57 bits per heavy atom. The summed E-state index contributed by atoms with van der Waals surface area (Å²) in [6, 6.07) is 24.1. The molecule has 3 aromatic rings. The Bertz CT molecular complexity index is 1030. The van der Waals surface area contributed by atoms with Gasteiger partial charge in [0.1, 0.15) is 11.9 Å². The minimum absolute atomic E-state index is 0.462. The SMILES string of the molecule is N#C/C(=C1/N=C(N)c2ccccc21)c1cccc2ccccc12.